The molecule has 2 aromatic heterocycles. The van der Waals surface area contributed by atoms with E-state index in [1.54, 1.807) is 34.1 Å². The molecule has 5 aromatic rings. The zero-order valence-electron chi connectivity index (χ0n) is 18.4. The van der Waals surface area contributed by atoms with Crippen LogP contribution in [0.4, 0.5) is 0 Å². The Bertz CT molecular complexity index is 1630. The minimum Gasteiger partial charge on any atom is -0.508 e. The van der Waals surface area contributed by atoms with Crippen molar-refractivity contribution < 1.29 is 5.11 Å². The third kappa shape index (κ3) is 4.40. The second-order valence-electron chi connectivity index (χ2n) is 7.78. The van der Waals surface area contributed by atoms with Gasteiger partial charge in [0, 0.05) is 5.56 Å². The van der Waals surface area contributed by atoms with Gasteiger partial charge in [-0.3, -0.25) is 9.36 Å². The lowest BCUT2D eigenvalue weighted by Crippen LogP contribution is -2.23. The SMILES string of the molecule is Cc1cc(C#Cc2cccs2)ccc1-n1c(C=Cc2ccc(O)cc2)nc2ccccc2c1=O. The number of para-hydroxylation sites is 1. The van der Waals surface area contributed by atoms with Crippen molar-refractivity contribution in [1.82, 2.24) is 9.55 Å². The predicted molar refractivity (Wildman–Crippen MR) is 139 cm³/mol. The molecule has 0 spiro atoms. The number of hydrogen-bond donors (Lipinski definition) is 1. The minimum absolute atomic E-state index is 0.128. The Balaban J connectivity index is 1.63. The van der Waals surface area contributed by atoms with Crippen LogP contribution in [0.25, 0.3) is 28.7 Å². The molecule has 4 nitrogen and oxygen atoms in total. The Labute approximate surface area is 201 Å². The maximum Gasteiger partial charge on any atom is 0.266 e. The van der Waals surface area contributed by atoms with Crippen molar-refractivity contribution in [2.45, 2.75) is 6.92 Å². The van der Waals surface area contributed by atoms with Crippen LogP contribution in [-0.4, -0.2) is 14.7 Å². The standard InChI is InChI=1S/C29H20N2O2S/c1-20-19-22(10-15-24-5-4-18-34-24)11-16-27(20)31-28(17-12-21-8-13-23(32)14-9-21)30-26-7-3-2-6-25(26)29(31)33/h2-9,11-14,16-19,32H,1H3. The molecule has 0 saturated carbocycles. The maximum absolute atomic E-state index is 13.6. The van der Waals surface area contributed by atoms with Crippen LogP contribution in [0, 0.1) is 18.8 Å². The van der Waals surface area contributed by atoms with Crippen molar-refractivity contribution in [2.24, 2.45) is 0 Å². The predicted octanol–water partition coefficient (Wildman–Crippen LogP) is 6.03. The van der Waals surface area contributed by atoms with Crippen molar-refractivity contribution in [3.8, 4) is 23.3 Å². The van der Waals surface area contributed by atoms with Gasteiger partial charge < -0.3 is 5.11 Å². The van der Waals surface area contributed by atoms with Crippen molar-refractivity contribution in [1.29, 1.82) is 0 Å². The molecular formula is C29H20N2O2S. The Kier molecular flexibility index (Phi) is 5.82. The number of phenolic OH excluding ortho intramolecular Hbond substituents is 1. The number of aromatic nitrogens is 2. The van der Waals surface area contributed by atoms with E-state index in [0.29, 0.717) is 16.7 Å². The van der Waals surface area contributed by atoms with Gasteiger partial charge in [-0.25, -0.2) is 4.98 Å². The highest BCUT2D eigenvalue weighted by Gasteiger charge is 2.13. The fraction of sp³-hybridized carbons (Fsp3) is 0.0345. The van der Waals surface area contributed by atoms with Crippen LogP contribution in [0.5, 0.6) is 5.75 Å². The topological polar surface area (TPSA) is 55.1 Å². The molecule has 3 aromatic carbocycles. The Morgan fingerprint density at radius 1 is 0.941 bits per heavy atom. The van der Waals surface area contributed by atoms with Gasteiger partial charge in [-0.15, -0.1) is 11.3 Å². The van der Waals surface area contributed by atoms with Crippen LogP contribution in [0.2, 0.25) is 0 Å². The van der Waals surface area contributed by atoms with Gasteiger partial charge in [0.15, 0.2) is 0 Å². The largest absolute Gasteiger partial charge is 0.508 e. The molecule has 5 heteroatoms. The fourth-order valence-electron chi connectivity index (χ4n) is 3.72. The number of rotatable bonds is 3. The summed E-state index contributed by atoms with van der Waals surface area (Å²) >= 11 is 1.61. The quantitative estimate of drug-likeness (QED) is 0.335. The number of hydrogen-bond acceptors (Lipinski definition) is 4. The Morgan fingerprint density at radius 2 is 1.76 bits per heavy atom. The van der Waals surface area contributed by atoms with E-state index in [2.05, 4.69) is 11.8 Å². The number of fused-ring (bicyclic) bond motifs is 1. The molecule has 0 radical (unpaired) electrons. The first kappa shape index (κ1) is 21.4. The van der Waals surface area contributed by atoms with E-state index in [1.807, 2.05) is 85.1 Å². The molecule has 2 heterocycles. The van der Waals surface area contributed by atoms with E-state index >= 15 is 0 Å². The van der Waals surface area contributed by atoms with E-state index < -0.39 is 0 Å². The van der Waals surface area contributed by atoms with Gasteiger partial charge in [-0.05, 0) is 78.0 Å². The van der Waals surface area contributed by atoms with Gasteiger partial charge in [-0.2, -0.15) is 0 Å². The lowest BCUT2D eigenvalue weighted by Gasteiger charge is -2.14. The van der Waals surface area contributed by atoms with Crippen LogP contribution in [0.3, 0.4) is 0 Å². The molecular weight excluding hydrogens is 440 g/mol. The van der Waals surface area contributed by atoms with E-state index in [1.165, 1.54) is 0 Å². The van der Waals surface area contributed by atoms with E-state index in [-0.39, 0.29) is 11.3 Å². The maximum atomic E-state index is 13.6. The van der Waals surface area contributed by atoms with Gasteiger partial charge in [0.05, 0.1) is 21.5 Å². The molecule has 0 aliphatic carbocycles. The number of aromatic hydroxyl groups is 1. The number of benzene rings is 3. The number of thiophene rings is 1. The van der Waals surface area contributed by atoms with Crippen LogP contribution >= 0.6 is 11.3 Å². The van der Waals surface area contributed by atoms with Crippen molar-refractivity contribution in [3.05, 3.63) is 122 Å². The summed E-state index contributed by atoms with van der Waals surface area (Å²) in [6.07, 6.45) is 3.70. The molecule has 5 rings (SSSR count). The van der Waals surface area contributed by atoms with Crippen LogP contribution in [-0.2, 0) is 0 Å². The third-order valence-electron chi connectivity index (χ3n) is 5.41. The summed E-state index contributed by atoms with van der Waals surface area (Å²) in [6.45, 7) is 1.97. The third-order valence-corrected chi connectivity index (χ3v) is 6.19. The summed E-state index contributed by atoms with van der Waals surface area (Å²) in [4.78, 5) is 19.3. The van der Waals surface area contributed by atoms with Crippen molar-refractivity contribution in [3.63, 3.8) is 0 Å². The second-order valence-corrected chi connectivity index (χ2v) is 8.73. The van der Waals surface area contributed by atoms with Gasteiger partial charge in [0.1, 0.15) is 11.6 Å². The lowest BCUT2D eigenvalue weighted by atomic mass is 10.1. The first-order valence-electron chi connectivity index (χ1n) is 10.7. The number of nitrogens with zero attached hydrogens (tertiary/aromatic N) is 2. The van der Waals surface area contributed by atoms with Crippen LogP contribution in [0.15, 0.2) is 89.0 Å². The minimum atomic E-state index is -0.128. The highest BCUT2D eigenvalue weighted by Crippen LogP contribution is 2.20. The molecule has 0 aliphatic rings. The Hall–Kier alpha value is -4.40. The summed E-state index contributed by atoms with van der Waals surface area (Å²) < 4.78 is 1.64. The van der Waals surface area contributed by atoms with E-state index in [4.69, 9.17) is 4.98 Å². The highest BCUT2D eigenvalue weighted by atomic mass is 32.1. The first-order valence-corrected chi connectivity index (χ1v) is 11.6. The average Bonchev–Trinajstić information content (AvgIpc) is 3.37. The van der Waals surface area contributed by atoms with Crippen molar-refractivity contribution >= 4 is 34.4 Å². The molecule has 0 saturated heterocycles. The molecule has 0 atom stereocenters. The van der Waals surface area contributed by atoms with E-state index in [0.717, 1.165) is 27.3 Å². The summed E-state index contributed by atoms with van der Waals surface area (Å²) in [6, 6.07) is 24.0. The molecule has 164 valence electrons. The first-order chi connectivity index (χ1) is 16.6. The number of phenols is 1. The zero-order valence-corrected chi connectivity index (χ0v) is 19.2. The average molecular weight is 461 g/mol. The van der Waals surface area contributed by atoms with Crippen LogP contribution in [0.1, 0.15) is 27.4 Å². The molecule has 0 fully saturated rings. The molecule has 0 bridgehead atoms. The van der Waals surface area contributed by atoms with E-state index in [9.17, 15) is 9.90 Å². The Morgan fingerprint density at radius 3 is 2.53 bits per heavy atom. The molecule has 0 aliphatic heterocycles. The second kappa shape index (κ2) is 9.22. The molecule has 0 amide bonds. The van der Waals surface area contributed by atoms with Gasteiger partial charge in [-0.1, -0.05) is 48.2 Å². The van der Waals surface area contributed by atoms with Gasteiger partial charge in [0.25, 0.3) is 5.56 Å². The molecule has 0 unspecified atom stereocenters. The van der Waals surface area contributed by atoms with Gasteiger partial charge >= 0.3 is 0 Å². The number of aryl methyl sites for hydroxylation is 1. The van der Waals surface area contributed by atoms with Gasteiger partial charge in [0.2, 0.25) is 0 Å². The summed E-state index contributed by atoms with van der Waals surface area (Å²) in [5.74, 6) is 7.10. The monoisotopic (exact) mass is 460 g/mol. The molecule has 34 heavy (non-hydrogen) atoms. The zero-order chi connectivity index (χ0) is 23.5. The normalized spacial score (nSPS) is 11.0. The smallest absolute Gasteiger partial charge is 0.266 e. The fourth-order valence-corrected chi connectivity index (χ4v) is 4.29. The lowest BCUT2D eigenvalue weighted by molar-refractivity contribution is 0.475. The summed E-state index contributed by atoms with van der Waals surface area (Å²) in [5, 5.41) is 12.1. The molecule has 1 N–H and O–H groups in total. The summed E-state index contributed by atoms with van der Waals surface area (Å²) in [5.41, 5.74) is 3.98. The van der Waals surface area contributed by atoms with Crippen LogP contribution < -0.4 is 5.56 Å². The summed E-state index contributed by atoms with van der Waals surface area (Å²) in [7, 11) is 0. The highest BCUT2D eigenvalue weighted by molar-refractivity contribution is 7.10. The van der Waals surface area contributed by atoms with Crippen molar-refractivity contribution in [2.75, 3.05) is 0 Å².